The second-order valence-corrected chi connectivity index (χ2v) is 12.7. The Morgan fingerprint density at radius 3 is 2.53 bits per heavy atom. The van der Waals surface area contributed by atoms with E-state index < -0.39 is 28.9 Å². The molecule has 9 nitrogen and oxygen atoms in total. The molecule has 0 saturated carbocycles. The summed E-state index contributed by atoms with van der Waals surface area (Å²) >= 11 is 1.38. The number of nitrogens with zero attached hydrogens (tertiary/aromatic N) is 4. The number of aromatic nitrogens is 3. The molecule has 2 aromatic heterocycles. The number of likely N-dealkylation sites (tertiary alicyclic amines) is 1. The summed E-state index contributed by atoms with van der Waals surface area (Å²) in [5, 5.41) is 17.5. The van der Waals surface area contributed by atoms with Gasteiger partial charge >= 0.3 is 5.97 Å². The van der Waals surface area contributed by atoms with Crippen LogP contribution in [-0.4, -0.2) is 49.7 Å². The standard InChI is InChI=1S/C28H36N4O5S/c1-16(2)14-28(25(34)35)15-27(7,24-30-17(3)37-31-24)21(22-29-11-12-38-22)32(28)23(33)18-9-10-19(26(4,5)6)20(13-18)36-8/h9-13,16,21H,14-15H2,1-8H3,(H,34,35)/t21-,27+,28-/m0/s1. The van der Waals surface area contributed by atoms with Gasteiger partial charge in [-0.1, -0.05) is 45.8 Å². The van der Waals surface area contributed by atoms with Gasteiger partial charge in [0.2, 0.25) is 5.89 Å². The van der Waals surface area contributed by atoms with Crippen molar-refractivity contribution < 1.29 is 24.0 Å². The van der Waals surface area contributed by atoms with Gasteiger partial charge in [0.05, 0.1) is 18.6 Å². The zero-order valence-electron chi connectivity index (χ0n) is 23.2. The van der Waals surface area contributed by atoms with Gasteiger partial charge in [-0.3, -0.25) is 4.79 Å². The lowest BCUT2D eigenvalue weighted by Crippen LogP contribution is -2.54. The molecule has 0 radical (unpaired) electrons. The maximum atomic E-state index is 14.5. The number of benzene rings is 1. The number of carbonyl (C=O) groups is 2. The quantitative estimate of drug-likeness (QED) is 0.414. The number of aliphatic carboxylic acids is 1. The highest BCUT2D eigenvalue weighted by Gasteiger charge is 2.66. The molecule has 10 heteroatoms. The van der Waals surface area contributed by atoms with Crippen molar-refractivity contribution in [2.24, 2.45) is 5.92 Å². The number of carboxylic acids is 1. The summed E-state index contributed by atoms with van der Waals surface area (Å²) in [6.45, 7) is 13.7. The molecule has 0 spiro atoms. The molecular formula is C28H36N4O5S. The lowest BCUT2D eigenvalue weighted by molar-refractivity contribution is -0.150. The van der Waals surface area contributed by atoms with E-state index in [0.717, 1.165) is 5.56 Å². The van der Waals surface area contributed by atoms with E-state index >= 15 is 0 Å². The first-order chi connectivity index (χ1) is 17.7. The summed E-state index contributed by atoms with van der Waals surface area (Å²) < 4.78 is 11.0. The van der Waals surface area contributed by atoms with Crippen LogP contribution in [0.15, 0.2) is 34.3 Å². The number of amides is 1. The Bertz CT molecular complexity index is 1330. The first-order valence-electron chi connectivity index (χ1n) is 12.7. The van der Waals surface area contributed by atoms with E-state index in [-0.39, 0.29) is 24.2 Å². The number of aryl methyl sites for hydroxylation is 1. The number of ether oxygens (including phenoxy) is 1. The average Bonchev–Trinajstić information content (AvgIpc) is 3.56. The number of hydrogen-bond donors (Lipinski definition) is 1. The second kappa shape index (κ2) is 9.80. The molecule has 1 aliphatic heterocycles. The molecule has 1 amide bonds. The Morgan fingerprint density at radius 2 is 2.03 bits per heavy atom. The van der Waals surface area contributed by atoms with Crippen LogP contribution in [0.5, 0.6) is 5.75 Å². The third-order valence-corrected chi connectivity index (χ3v) is 8.15. The van der Waals surface area contributed by atoms with Crippen LogP contribution in [0.2, 0.25) is 0 Å². The SMILES string of the molecule is COc1cc(C(=O)N2[C@@H](c3nccs3)[C@](C)(c3noc(C)n3)C[C@@]2(CC(C)C)C(=O)O)ccc1C(C)(C)C. The zero-order valence-corrected chi connectivity index (χ0v) is 24.0. The third-order valence-electron chi connectivity index (χ3n) is 7.33. The number of thiazole rings is 1. The van der Waals surface area contributed by atoms with Crippen LogP contribution < -0.4 is 4.74 Å². The molecule has 0 aliphatic carbocycles. The molecule has 1 aromatic carbocycles. The van der Waals surface area contributed by atoms with Crippen LogP contribution in [0, 0.1) is 12.8 Å². The van der Waals surface area contributed by atoms with E-state index in [4.69, 9.17) is 9.26 Å². The third kappa shape index (κ3) is 4.59. The molecule has 0 bridgehead atoms. The first kappa shape index (κ1) is 27.8. The van der Waals surface area contributed by atoms with Crippen LogP contribution in [0.4, 0.5) is 0 Å². The molecule has 4 rings (SSSR count). The largest absolute Gasteiger partial charge is 0.496 e. The average molecular weight is 541 g/mol. The highest BCUT2D eigenvalue weighted by molar-refractivity contribution is 7.09. The molecule has 3 aromatic rings. The van der Waals surface area contributed by atoms with Gasteiger partial charge in [-0.15, -0.1) is 11.3 Å². The van der Waals surface area contributed by atoms with E-state index in [1.54, 1.807) is 32.4 Å². The van der Waals surface area contributed by atoms with Crippen molar-refractivity contribution in [3.05, 3.63) is 57.6 Å². The van der Waals surface area contributed by atoms with Crippen molar-refractivity contribution in [3.63, 3.8) is 0 Å². The van der Waals surface area contributed by atoms with Crippen molar-refractivity contribution in [1.82, 2.24) is 20.0 Å². The van der Waals surface area contributed by atoms with Gasteiger partial charge in [0, 0.05) is 24.1 Å². The highest BCUT2D eigenvalue weighted by atomic mass is 32.1. The first-order valence-corrected chi connectivity index (χ1v) is 13.6. The Hall–Kier alpha value is -3.27. The Morgan fingerprint density at radius 1 is 1.32 bits per heavy atom. The maximum absolute atomic E-state index is 14.5. The summed E-state index contributed by atoms with van der Waals surface area (Å²) in [5.41, 5.74) is -1.40. The molecule has 1 fully saturated rings. The summed E-state index contributed by atoms with van der Waals surface area (Å²) in [5.74, 6) is -0.170. The fourth-order valence-corrected chi connectivity index (χ4v) is 6.69. The van der Waals surface area contributed by atoms with Crippen LogP contribution in [0.1, 0.15) is 93.1 Å². The lowest BCUT2D eigenvalue weighted by atomic mass is 9.75. The molecule has 1 saturated heterocycles. The predicted octanol–water partition coefficient (Wildman–Crippen LogP) is 5.56. The second-order valence-electron chi connectivity index (χ2n) is 11.8. The summed E-state index contributed by atoms with van der Waals surface area (Å²) in [6.07, 6.45) is 2.02. The van der Waals surface area contributed by atoms with Crippen LogP contribution in [-0.2, 0) is 15.6 Å². The number of methoxy groups -OCH3 is 1. The van der Waals surface area contributed by atoms with Gasteiger partial charge in [-0.2, -0.15) is 4.98 Å². The molecule has 3 atom stereocenters. The minimum atomic E-state index is -1.53. The molecule has 1 aliphatic rings. The predicted molar refractivity (Wildman–Crippen MR) is 144 cm³/mol. The zero-order chi connectivity index (χ0) is 28.0. The summed E-state index contributed by atoms with van der Waals surface area (Å²) in [4.78, 5) is 38.4. The number of carbonyl (C=O) groups excluding carboxylic acids is 1. The normalized spacial score (nSPS) is 23.7. The Kier molecular flexibility index (Phi) is 7.16. The van der Waals surface area contributed by atoms with E-state index in [0.29, 0.717) is 28.0 Å². The molecule has 1 N–H and O–H groups in total. The van der Waals surface area contributed by atoms with E-state index in [1.165, 1.54) is 16.2 Å². The Balaban J connectivity index is 1.97. The maximum Gasteiger partial charge on any atom is 0.329 e. The monoisotopic (exact) mass is 540 g/mol. The van der Waals surface area contributed by atoms with Crippen molar-refractivity contribution in [1.29, 1.82) is 0 Å². The van der Waals surface area contributed by atoms with Gasteiger partial charge < -0.3 is 19.3 Å². The van der Waals surface area contributed by atoms with Gasteiger partial charge in [0.1, 0.15) is 16.3 Å². The van der Waals surface area contributed by atoms with Gasteiger partial charge in [0.25, 0.3) is 5.91 Å². The van der Waals surface area contributed by atoms with Crippen LogP contribution >= 0.6 is 11.3 Å². The number of hydrogen-bond acceptors (Lipinski definition) is 8. The summed E-state index contributed by atoms with van der Waals surface area (Å²) in [7, 11) is 1.57. The van der Waals surface area contributed by atoms with E-state index in [9.17, 15) is 14.7 Å². The van der Waals surface area contributed by atoms with Crippen molar-refractivity contribution >= 4 is 23.2 Å². The molecule has 204 valence electrons. The molecule has 0 unspecified atom stereocenters. The number of rotatable bonds is 7. The van der Waals surface area contributed by atoms with Crippen LogP contribution in [0.3, 0.4) is 0 Å². The molecular weight excluding hydrogens is 504 g/mol. The van der Waals surface area contributed by atoms with E-state index in [1.807, 2.05) is 32.2 Å². The highest BCUT2D eigenvalue weighted by Crippen LogP contribution is 2.57. The smallest absolute Gasteiger partial charge is 0.329 e. The topological polar surface area (TPSA) is 119 Å². The summed E-state index contributed by atoms with van der Waals surface area (Å²) in [6, 6.07) is 4.61. The lowest BCUT2D eigenvalue weighted by Gasteiger charge is -2.39. The van der Waals surface area contributed by atoms with Gasteiger partial charge in [-0.05, 0) is 48.8 Å². The van der Waals surface area contributed by atoms with Gasteiger partial charge in [-0.25, -0.2) is 9.78 Å². The fraction of sp³-hybridized carbons (Fsp3) is 0.536. The fourth-order valence-electron chi connectivity index (χ4n) is 5.81. The van der Waals surface area contributed by atoms with Crippen molar-refractivity contribution in [2.75, 3.05) is 7.11 Å². The van der Waals surface area contributed by atoms with Crippen molar-refractivity contribution in [3.8, 4) is 5.75 Å². The minimum absolute atomic E-state index is 0.00879. The van der Waals surface area contributed by atoms with Gasteiger partial charge in [0.15, 0.2) is 5.82 Å². The van der Waals surface area contributed by atoms with E-state index in [2.05, 4.69) is 35.9 Å². The number of carboxylic acid groups (broad SMARTS) is 1. The molecule has 3 heterocycles. The minimum Gasteiger partial charge on any atom is -0.496 e. The van der Waals surface area contributed by atoms with Crippen molar-refractivity contribution in [2.45, 2.75) is 83.7 Å². The van der Waals surface area contributed by atoms with Crippen LogP contribution in [0.25, 0.3) is 0 Å². The Labute approximate surface area is 227 Å². The molecule has 38 heavy (non-hydrogen) atoms.